The van der Waals surface area contributed by atoms with Crippen LogP contribution in [0.4, 0.5) is 5.69 Å². The highest BCUT2D eigenvalue weighted by Gasteiger charge is 2.22. The first kappa shape index (κ1) is 20.9. The van der Waals surface area contributed by atoms with E-state index in [1.165, 1.54) is 0 Å². The van der Waals surface area contributed by atoms with Crippen LogP contribution in [0.3, 0.4) is 0 Å². The summed E-state index contributed by atoms with van der Waals surface area (Å²) in [7, 11) is 0. The van der Waals surface area contributed by atoms with Gasteiger partial charge in [0, 0.05) is 26.1 Å². The van der Waals surface area contributed by atoms with Crippen LogP contribution in [0.25, 0.3) is 0 Å². The Labute approximate surface area is 165 Å². The van der Waals surface area contributed by atoms with E-state index in [4.69, 9.17) is 28.6 Å². The molecule has 0 saturated carbocycles. The summed E-state index contributed by atoms with van der Waals surface area (Å²) in [5.74, 6) is -0.118. The van der Waals surface area contributed by atoms with Gasteiger partial charge in [-0.2, -0.15) is 0 Å². The van der Waals surface area contributed by atoms with Gasteiger partial charge in [0.05, 0.1) is 22.9 Å². The van der Waals surface area contributed by atoms with E-state index in [0.717, 1.165) is 29.9 Å². The monoisotopic (exact) mass is 398 g/mol. The quantitative estimate of drug-likeness (QED) is 0.535. The number of hydrogen-bond donors (Lipinski definition) is 3. The zero-order chi connectivity index (χ0) is 19.3. The first-order valence-electron chi connectivity index (χ1n) is 8.75. The van der Waals surface area contributed by atoms with E-state index in [1.54, 1.807) is 0 Å². The summed E-state index contributed by atoms with van der Waals surface area (Å²) in [6, 6.07) is 3.88. The topological polar surface area (TPSA) is 65.6 Å². The average Bonchev–Trinajstić information content (AvgIpc) is 2.53. The highest BCUT2D eigenvalue weighted by molar-refractivity contribution is 7.80. The number of morpholine rings is 1. The minimum atomic E-state index is -0.118. The normalized spacial score (nSPS) is 20.5. The molecular formula is C18H27ClN4O2S. The number of halogens is 1. The molecule has 0 radical (unpaired) electrons. The maximum absolute atomic E-state index is 12.0. The number of ether oxygens (including phenoxy) is 1. The Morgan fingerprint density at radius 1 is 1.27 bits per heavy atom. The Hall–Kier alpha value is -1.41. The van der Waals surface area contributed by atoms with Crippen LogP contribution in [0.2, 0.25) is 5.02 Å². The average molecular weight is 399 g/mol. The zero-order valence-electron chi connectivity index (χ0n) is 15.7. The largest absolute Gasteiger partial charge is 0.373 e. The molecule has 2 rings (SSSR count). The molecule has 1 aromatic rings. The van der Waals surface area contributed by atoms with Gasteiger partial charge in [0.1, 0.15) is 0 Å². The minimum Gasteiger partial charge on any atom is -0.373 e. The molecule has 8 heteroatoms. The van der Waals surface area contributed by atoms with Crippen LogP contribution in [-0.4, -0.2) is 47.8 Å². The van der Waals surface area contributed by atoms with Crippen molar-refractivity contribution in [3.63, 3.8) is 0 Å². The van der Waals surface area contributed by atoms with Gasteiger partial charge < -0.3 is 10.1 Å². The summed E-state index contributed by atoms with van der Waals surface area (Å²) >= 11 is 11.5. The van der Waals surface area contributed by atoms with Crippen LogP contribution in [0, 0.1) is 13.8 Å². The summed E-state index contributed by atoms with van der Waals surface area (Å²) in [5, 5.41) is 3.91. The number of thiocarbonyl (C=S) groups is 1. The summed E-state index contributed by atoms with van der Waals surface area (Å²) < 4.78 is 5.69. The number of benzene rings is 1. The van der Waals surface area contributed by atoms with Crippen LogP contribution in [0.1, 0.15) is 31.4 Å². The molecular weight excluding hydrogens is 372 g/mol. The number of carbonyl (C=O) groups excluding carboxylic acids is 1. The summed E-state index contributed by atoms with van der Waals surface area (Å²) in [5.41, 5.74) is 8.15. The molecule has 0 unspecified atom stereocenters. The van der Waals surface area contributed by atoms with Crippen LogP contribution in [0.15, 0.2) is 12.1 Å². The predicted octanol–water partition coefficient (Wildman–Crippen LogP) is 2.77. The van der Waals surface area contributed by atoms with Crippen molar-refractivity contribution in [1.82, 2.24) is 15.8 Å². The van der Waals surface area contributed by atoms with Crippen LogP contribution < -0.4 is 16.2 Å². The second-order valence-electron chi connectivity index (χ2n) is 6.83. The lowest BCUT2D eigenvalue weighted by atomic mass is 10.1. The maximum atomic E-state index is 12.0. The minimum absolute atomic E-state index is 0.118. The number of amides is 1. The molecule has 3 N–H and O–H groups in total. The fraction of sp³-hybridized carbons (Fsp3) is 0.556. The van der Waals surface area contributed by atoms with Crippen molar-refractivity contribution < 1.29 is 9.53 Å². The number of hydrazine groups is 1. The lowest BCUT2D eigenvalue weighted by Gasteiger charge is -2.35. The molecule has 1 saturated heterocycles. The smallest absolute Gasteiger partial charge is 0.239 e. The second kappa shape index (κ2) is 9.50. The molecule has 0 spiro atoms. The Balaban J connectivity index is 1.74. The van der Waals surface area contributed by atoms with Crippen molar-refractivity contribution in [3.8, 4) is 0 Å². The Morgan fingerprint density at radius 2 is 1.92 bits per heavy atom. The molecule has 0 aromatic heterocycles. The van der Waals surface area contributed by atoms with Gasteiger partial charge in [0.2, 0.25) is 5.91 Å². The van der Waals surface area contributed by atoms with Crippen molar-refractivity contribution in [2.75, 3.05) is 25.0 Å². The summed E-state index contributed by atoms with van der Waals surface area (Å²) in [6.45, 7) is 10.4. The van der Waals surface area contributed by atoms with Gasteiger partial charge in [-0.1, -0.05) is 17.7 Å². The van der Waals surface area contributed by atoms with Crippen LogP contribution in [-0.2, 0) is 9.53 Å². The van der Waals surface area contributed by atoms with Gasteiger partial charge in [-0.25, -0.2) is 0 Å². The van der Waals surface area contributed by atoms with Crippen LogP contribution in [0.5, 0.6) is 0 Å². The molecule has 6 nitrogen and oxygen atoms in total. The second-order valence-corrected chi connectivity index (χ2v) is 7.65. The van der Waals surface area contributed by atoms with Crippen molar-refractivity contribution in [1.29, 1.82) is 0 Å². The lowest BCUT2D eigenvalue weighted by Crippen LogP contribution is -2.48. The first-order valence-corrected chi connectivity index (χ1v) is 9.53. The van der Waals surface area contributed by atoms with Gasteiger partial charge in [0.15, 0.2) is 5.11 Å². The number of nitrogens with zero attached hydrogens (tertiary/aromatic N) is 1. The van der Waals surface area contributed by atoms with Crippen LogP contribution >= 0.6 is 23.8 Å². The fourth-order valence-corrected chi connectivity index (χ4v) is 3.66. The highest BCUT2D eigenvalue weighted by atomic mass is 35.5. The number of carbonyl (C=O) groups is 1. The third-order valence-electron chi connectivity index (χ3n) is 4.14. The fourth-order valence-electron chi connectivity index (χ4n) is 3.13. The van der Waals surface area contributed by atoms with E-state index in [0.29, 0.717) is 23.1 Å². The van der Waals surface area contributed by atoms with E-state index >= 15 is 0 Å². The molecule has 144 valence electrons. The SMILES string of the molecule is Cc1cc(C)c(NC(=S)NNC(=O)CCN2C[C@@H](C)O[C@H](C)C2)c(Cl)c1. The van der Waals surface area contributed by atoms with E-state index in [9.17, 15) is 4.79 Å². The van der Waals surface area contributed by atoms with Gasteiger partial charge in [-0.15, -0.1) is 0 Å². The molecule has 1 aliphatic heterocycles. The molecule has 1 aliphatic rings. The standard InChI is InChI=1S/C18H27ClN4O2S/c1-11-7-12(2)17(15(19)8-11)20-18(26)22-21-16(24)5-6-23-9-13(3)25-14(4)10-23/h7-8,13-14H,5-6,9-10H2,1-4H3,(H,21,24)(H2,20,22,26)/t13-,14-/m1/s1. The van der Waals surface area contributed by atoms with Gasteiger partial charge in [-0.05, 0) is 57.1 Å². The molecule has 0 aliphatic carbocycles. The Kier molecular flexibility index (Phi) is 7.64. The predicted molar refractivity (Wildman–Crippen MR) is 109 cm³/mol. The van der Waals surface area contributed by atoms with Crippen molar-refractivity contribution in [2.24, 2.45) is 0 Å². The van der Waals surface area contributed by atoms with Crippen molar-refractivity contribution in [3.05, 3.63) is 28.3 Å². The Bertz CT molecular complexity index is 638. The zero-order valence-corrected chi connectivity index (χ0v) is 17.3. The van der Waals surface area contributed by atoms with E-state index in [2.05, 4.69) is 21.1 Å². The molecule has 1 fully saturated rings. The number of aryl methyl sites for hydroxylation is 2. The number of hydrogen-bond acceptors (Lipinski definition) is 4. The summed E-state index contributed by atoms with van der Waals surface area (Å²) in [4.78, 5) is 14.3. The van der Waals surface area contributed by atoms with E-state index < -0.39 is 0 Å². The number of rotatable bonds is 4. The third kappa shape index (κ3) is 6.39. The maximum Gasteiger partial charge on any atom is 0.239 e. The Morgan fingerprint density at radius 3 is 2.54 bits per heavy atom. The molecule has 2 atom stereocenters. The molecule has 1 amide bonds. The van der Waals surface area contributed by atoms with Gasteiger partial charge in [-0.3, -0.25) is 20.5 Å². The highest BCUT2D eigenvalue weighted by Crippen LogP contribution is 2.27. The van der Waals surface area contributed by atoms with E-state index in [1.807, 2.05) is 39.8 Å². The molecule has 26 heavy (non-hydrogen) atoms. The van der Waals surface area contributed by atoms with Crippen molar-refractivity contribution >= 4 is 40.5 Å². The first-order chi connectivity index (χ1) is 12.2. The van der Waals surface area contributed by atoms with E-state index in [-0.39, 0.29) is 18.1 Å². The summed E-state index contributed by atoms with van der Waals surface area (Å²) in [6.07, 6.45) is 0.776. The van der Waals surface area contributed by atoms with Crippen molar-refractivity contribution in [2.45, 2.75) is 46.3 Å². The van der Waals surface area contributed by atoms with Gasteiger partial charge >= 0.3 is 0 Å². The van der Waals surface area contributed by atoms with Gasteiger partial charge in [0.25, 0.3) is 0 Å². The number of nitrogens with one attached hydrogen (secondary N) is 3. The lowest BCUT2D eigenvalue weighted by molar-refractivity contribution is -0.123. The molecule has 0 bridgehead atoms. The molecule has 1 aromatic carbocycles. The third-order valence-corrected chi connectivity index (χ3v) is 4.64. The molecule has 1 heterocycles. The number of anilines is 1.